The average molecular weight is 405 g/mol. The van der Waals surface area contributed by atoms with Gasteiger partial charge in [-0.15, -0.1) is 0 Å². The molecular formula is C20H19N7O3. The number of hydrogen-bond acceptors (Lipinski definition) is 10. The lowest BCUT2D eigenvalue weighted by atomic mass is 10.2. The van der Waals surface area contributed by atoms with Crippen molar-refractivity contribution in [2.45, 2.75) is 0 Å². The van der Waals surface area contributed by atoms with Crippen LogP contribution in [0.2, 0.25) is 0 Å². The number of ether oxygens (including phenoxy) is 2. The van der Waals surface area contributed by atoms with Crippen LogP contribution in [0.4, 0.5) is 17.6 Å². The smallest absolute Gasteiger partial charge is 0.262 e. The highest BCUT2D eigenvalue weighted by molar-refractivity contribution is 5.66. The highest BCUT2D eigenvalue weighted by Crippen LogP contribution is 2.33. The summed E-state index contributed by atoms with van der Waals surface area (Å²) in [6, 6.07) is 14.9. The molecule has 0 aliphatic rings. The number of aromatic nitrogens is 5. The Kier molecular flexibility index (Phi) is 5.12. The standard InChI is InChI=1S/C20H19N7O3/c1-27(12-7-5-4-6-8-12)20-24-16(23-19(21)25-20)17-22-18(30-26-17)14-10-9-13(28-2)11-15(14)29-3/h4-11H,1-3H3,(H2,21,23,24,25). The molecule has 0 atom stereocenters. The van der Waals surface area contributed by atoms with Crippen molar-refractivity contribution in [2.75, 3.05) is 31.9 Å². The summed E-state index contributed by atoms with van der Waals surface area (Å²) in [5, 5.41) is 4.00. The molecule has 0 aliphatic heterocycles. The van der Waals surface area contributed by atoms with Crippen LogP contribution in [-0.2, 0) is 0 Å². The minimum absolute atomic E-state index is 0.0474. The first-order valence-corrected chi connectivity index (χ1v) is 8.96. The minimum Gasteiger partial charge on any atom is -0.497 e. The summed E-state index contributed by atoms with van der Waals surface area (Å²) in [5.41, 5.74) is 7.41. The highest BCUT2D eigenvalue weighted by Gasteiger charge is 2.19. The lowest BCUT2D eigenvalue weighted by Gasteiger charge is -2.17. The summed E-state index contributed by atoms with van der Waals surface area (Å²) in [5.74, 6) is 2.21. The van der Waals surface area contributed by atoms with Gasteiger partial charge in [-0.3, -0.25) is 0 Å². The van der Waals surface area contributed by atoms with Crippen molar-refractivity contribution in [3.63, 3.8) is 0 Å². The molecule has 0 bridgehead atoms. The molecular weight excluding hydrogens is 386 g/mol. The molecule has 10 nitrogen and oxygen atoms in total. The zero-order chi connectivity index (χ0) is 21.1. The third-order valence-corrected chi connectivity index (χ3v) is 4.35. The quantitative estimate of drug-likeness (QED) is 0.511. The van der Waals surface area contributed by atoms with Crippen LogP contribution in [0.25, 0.3) is 23.1 Å². The van der Waals surface area contributed by atoms with Gasteiger partial charge in [0.1, 0.15) is 11.5 Å². The number of hydrogen-bond donors (Lipinski definition) is 1. The third-order valence-electron chi connectivity index (χ3n) is 4.35. The Bertz CT molecular complexity index is 1160. The SMILES string of the molecule is COc1ccc(-c2nc(-c3nc(N)nc(N(C)c4ccccc4)n3)no2)c(OC)c1. The molecule has 0 amide bonds. The molecule has 0 spiro atoms. The van der Waals surface area contributed by atoms with E-state index in [1.54, 1.807) is 37.3 Å². The van der Waals surface area contributed by atoms with Crippen LogP contribution >= 0.6 is 0 Å². The number of nitrogens with two attached hydrogens (primary N) is 1. The molecule has 0 aliphatic carbocycles. The fourth-order valence-corrected chi connectivity index (χ4v) is 2.80. The Morgan fingerprint density at radius 2 is 1.70 bits per heavy atom. The molecule has 0 saturated carbocycles. The van der Waals surface area contributed by atoms with Crippen molar-refractivity contribution in [3.05, 3.63) is 48.5 Å². The maximum atomic E-state index is 5.90. The van der Waals surface area contributed by atoms with E-state index >= 15 is 0 Å². The molecule has 4 rings (SSSR count). The van der Waals surface area contributed by atoms with Gasteiger partial charge in [0.25, 0.3) is 5.89 Å². The molecule has 2 aromatic heterocycles. The molecule has 4 aromatic rings. The Balaban J connectivity index is 1.70. The molecule has 0 fully saturated rings. The highest BCUT2D eigenvalue weighted by atomic mass is 16.5. The van der Waals surface area contributed by atoms with Crippen molar-refractivity contribution in [1.82, 2.24) is 25.1 Å². The zero-order valence-electron chi connectivity index (χ0n) is 16.6. The summed E-state index contributed by atoms with van der Waals surface area (Å²) in [7, 11) is 4.96. The number of para-hydroxylation sites is 1. The van der Waals surface area contributed by atoms with E-state index < -0.39 is 0 Å². The van der Waals surface area contributed by atoms with E-state index in [2.05, 4.69) is 25.1 Å². The first-order chi connectivity index (χ1) is 14.6. The third kappa shape index (κ3) is 3.70. The van der Waals surface area contributed by atoms with Gasteiger partial charge in [0.2, 0.25) is 23.5 Å². The number of benzene rings is 2. The Labute approximate surface area is 172 Å². The predicted octanol–water partition coefficient (Wildman–Crippen LogP) is 2.96. The van der Waals surface area contributed by atoms with Gasteiger partial charge >= 0.3 is 0 Å². The van der Waals surface area contributed by atoms with Crippen LogP contribution in [-0.4, -0.2) is 46.4 Å². The van der Waals surface area contributed by atoms with Crippen LogP contribution in [0, 0.1) is 0 Å². The van der Waals surface area contributed by atoms with E-state index in [-0.39, 0.29) is 23.5 Å². The lowest BCUT2D eigenvalue weighted by Crippen LogP contribution is -2.15. The second-order valence-electron chi connectivity index (χ2n) is 6.20. The van der Waals surface area contributed by atoms with Gasteiger partial charge < -0.3 is 24.6 Å². The maximum Gasteiger partial charge on any atom is 0.262 e. The van der Waals surface area contributed by atoms with E-state index in [9.17, 15) is 0 Å². The van der Waals surface area contributed by atoms with Gasteiger partial charge in [0.15, 0.2) is 0 Å². The summed E-state index contributed by atoms with van der Waals surface area (Å²) >= 11 is 0. The number of nitrogens with zero attached hydrogens (tertiary/aromatic N) is 6. The molecule has 10 heteroatoms. The Morgan fingerprint density at radius 1 is 0.900 bits per heavy atom. The zero-order valence-corrected chi connectivity index (χ0v) is 16.6. The van der Waals surface area contributed by atoms with Crippen molar-refractivity contribution in [1.29, 1.82) is 0 Å². The van der Waals surface area contributed by atoms with Crippen molar-refractivity contribution in [2.24, 2.45) is 0 Å². The number of anilines is 3. The van der Waals surface area contributed by atoms with Gasteiger partial charge in [0, 0.05) is 18.8 Å². The van der Waals surface area contributed by atoms with Crippen LogP contribution < -0.4 is 20.1 Å². The molecule has 2 N–H and O–H groups in total. The molecule has 152 valence electrons. The lowest BCUT2D eigenvalue weighted by molar-refractivity contribution is 0.391. The van der Waals surface area contributed by atoms with E-state index in [0.29, 0.717) is 23.0 Å². The molecule has 0 saturated heterocycles. The minimum atomic E-state index is 0.0474. The molecule has 2 aromatic carbocycles. The second-order valence-corrected chi connectivity index (χ2v) is 6.20. The number of nitrogen functional groups attached to an aromatic ring is 1. The Morgan fingerprint density at radius 3 is 2.43 bits per heavy atom. The van der Waals surface area contributed by atoms with Crippen molar-refractivity contribution >= 4 is 17.6 Å². The molecule has 30 heavy (non-hydrogen) atoms. The fraction of sp³-hybridized carbons (Fsp3) is 0.150. The average Bonchev–Trinajstić information content (AvgIpc) is 3.28. The first kappa shape index (κ1) is 19.1. The van der Waals surface area contributed by atoms with Gasteiger partial charge in [-0.1, -0.05) is 23.4 Å². The summed E-state index contributed by atoms with van der Waals surface area (Å²) in [4.78, 5) is 19.0. The topological polar surface area (TPSA) is 125 Å². The number of rotatable bonds is 6. The van der Waals surface area contributed by atoms with Crippen LogP contribution in [0.5, 0.6) is 11.5 Å². The maximum absolute atomic E-state index is 5.90. The van der Waals surface area contributed by atoms with E-state index in [0.717, 1.165) is 5.69 Å². The van der Waals surface area contributed by atoms with Gasteiger partial charge in [0.05, 0.1) is 19.8 Å². The van der Waals surface area contributed by atoms with E-state index in [1.165, 1.54) is 0 Å². The van der Waals surface area contributed by atoms with Crippen LogP contribution in [0.1, 0.15) is 0 Å². The monoisotopic (exact) mass is 405 g/mol. The first-order valence-electron chi connectivity index (χ1n) is 8.96. The summed E-state index contributed by atoms with van der Waals surface area (Å²) in [6.07, 6.45) is 0. The van der Waals surface area contributed by atoms with E-state index in [1.807, 2.05) is 37.4 Å². The molecule has 0 radical (unpaired) electrons. The predicted molar refractivity (Wildman–Crippen MR) is 111 cm³/mol. The van der Waals surface area contributed by atoms with E-state index in [4.69, 9.17) is 19.7 Å². The number of methoxy groups -OCH3 is 2. The largest absolute Gasteiger partial charge is 0.497 e. The van der Waals surface area contributed by atoms with Crippen LogP contribution in [0.15, 0.2) is 53.1 Å². The van der Waals surface area contributed by atoms with Crippen molar-refractivity contribution in [3.8, 4) is 34.6 Å². The molecule has 2 heterocycles. The van der Waals surface area contributed by atoms with Gasteiger partial charge in [-0.2, -0.15) is 19.9 Å². The fourth-order valence-electron chi connectivity index (χ4n) is 2.80. The Hall–Kier alpha value is -4.21. The van der Waals surface area contributed by atoms with Gasteiger partial charge in [-0.05, 0) is 24.3 Å². The normalized spacial score (nSPS) is 10.6. The summed E-state index contributed by atoms with van der Waals surface area (Å²) < 4.78 is 16.0. The van der Waals surface area contributed by atoms with Crippen molar-refractivity contribution < 1.29 is 14.0 Å². The van der Waals surface area contributed by atoms with Crippen LogP contribution in [0.3, 0.4) is 0 Å². The summed E-state index contributed by atoms with van der Waals surface area (Å²) in [6.45, 7) is 0. The second kappa shape index (κ2) is 8.03. The molecule has 0 unspecified atom stereocenters. The van der Waals surface area contributed by atoms with Gasteiger partial charge in [-0.25, -0.2) is 0 Å².